The van der Waals surface area contributed by atoms with E-state index in [9.17, 15) is 9.59 Å². The minimum atomic E-state index is -0.796. The monoisotopic (exact) mass is 449 g/mol. The quantitative estimate of drug-likeness (QED) is 0.367. The molecular weight excluding hydrogens is 422 g/mol. The maximum atomic E-state index is 13.5. The van der Waals surface area contributed by atoms with E-state index in [1.807, 2.05) is 103 Å². The average Bonchev–Trinajstić information content (AvgIpc) is 2.90. The van der Waals surface area contributed by atoms with E-state index in [0.717, 1.165) is 27.8 Å². The Labute approximate surface area is 200 Å². The van der Waals surface area contributed by atoms with Crippen molar-refractivity contribution in [3.63, 3.8) is 0 Å². The third-order valence-electron chi connectivity index (χ3n) is 5.83. The lowest BCUT2D eigenvalue weighted by Crippen LogP contribution is -2.45. The standard InChI is InChI=1S/C30H27NO3/c1-34-30(33)27(21-22-17-19-24(20-18-22)23-11-5-2-6-12-23)31-29(32)28(25-13-7-3-8-14-25)26-15-9-4-10-16-26/h2-20,27-28H,21H2,1H3,(H,31,32)/t27-/m1/s1. The van der Waals surface area contributed by atoms with Crippen molar-refractivity contribution in [2.24, 2.45) is 0 Å². The first-order valence-electron chi connectivity index (χ1n) is 11.3. The van der Waals surface area contributed by atoms with Crippen molar-refractivity contribution >= 4 is 11.9 Å². The largest absolute Gasteiger partial charge is 0.467 e. The van der Waals surface area contributed by atoms with Gasteiger partial charge in [0.2, 0.25) is 5.91 Å². The smallest absolute Gasteiger partial charge is 0.328 e. The van der Waals surface area contributed by atoms with Crippen molar-refractivity contribution < 1.29 is 14.3 Å². The molecule has 4 heteroatoms. The Morgan fingerprint density at radius 1 is 0.676 bits per heavy atom. The van der Waals surface area contributed by atoms with Gasteiger partial charge in [-0.2, -0.15) is 0 Å². The summed E-state index contributed by atoms with van der Waals surface area (Å²) < 4.78 is 5.02. The van der Waals surface area contributed by atoms with Gasteiger partial charge in [0.25, 0.3) is 0 Å². The number of esters is 1. The van der Waals surface area contributed by atoms with Crippen molar-refractivity contribution in [2.45, 2.75) is 18.4 Å². The molecule has 0 heterocycles. The number of hydrogen-bond acceptors (Lipinski definition) is 3. The van der Waals surface area contributed by atoms with Crippen molar-refractivity contribution in [3.05, 3.63) is 132 Å². The van der Waals surface area contributed by atoms with Gasteiger partial charge >= 0.3 is 5.97 Å². The first kappa shape index (κ1) is 23.0. The number of ether oxygens (including phenoxy) is 1. The molecule has 0 aliphatic heterocycles. The normalized spacial score (nSPS) is 11.6. The molecule has 0 saturated heterocycles. The van der Waals surface area contributed by atoms with Crippen LogP contribution in [0.3, 0.4) is 0 Å². The molecule has 0 spiro atoms. The Kier molecular flexibility index (Phi) is 7.51. The lowest BCUT2D eigenvalue weighted by molar-refractivity contribution is -0.145. The molecule has 4 nitrogen and oxygen atoms in total. The van der Waals surface area contributed by atoms with Crippen LogP contribution in [-0.2, 0) is 20.7 Å². The van der Waals surface area contributed by atoms with Gasteiger partial charge < -0.3 is 10.1 Å². The van der Waals surface area contributed by atoms with Gasteiger partial charge in [-0.25, -0.2) is 4.79 Å². The van der Waals surface area contributed by atoms with Crippen molar-refractivity contribution in [1.82, 2.24) is 5.32 Å². The zero-order valence-electron chi connectivity index (χ0n) is 19.1. The van der Waals surface area contributed by atoms with Crippen molar-refractivity contribution in [1.29, 1.82) is 0 Å². The number of benzene rings is 4. The second-order valence-electron chi connectivity index (χ2n) is 8.11. The van der Waals surface area contributed by atoms with E-state index < -0.39 is 17.9 Å². The molecule has 4 rings (SSSR count). The van der Waals surface area contributed by atoms with Crippen LogP contribution in [0.1, 0.15) is 22.6 Å². The van der Waals surface area contributed by atoms with Crippen LogP contribution in [0.5, 0.6) is 0 Å². The second kappa shape index (κ2) is 11.1. The Balaban J connectivity index is 1.55. The summed E-state index contributed by atoms with van der Waals surface area (Å²) >= 11 is 0. The Hall–Kier alpha value is -4.18. The van der Waals surface area contributed by atoms with Crippen molar-refractivity contribution in [3.8, 4) is 11.1 Å². The number of carbonyl (C=O) groups is 2. The zero-order chi connectivity index (χ0) is 23.8. The summed E-state index contributed by atoms with van der Waals surface area (Å²) in [6.45, 7) is 0. The molecule has 0 saturated carbocycles. The second-order valence-corrected chi connectivity index (χ2v) is 8.11. The van der Waals surface area contributed by atoms with E-state index in [2.05, 4.69) is 17.4 Å². The number of amides is 1. The molecule has 0 bridgehead atoms. The average molecular weight is 450 g/mol. The molecule has 170 valence electrons. The Morgan fingerprint density at radius 3 is 1.65 bits per heavy atom. The highest BCUT2D eigenvalue weighted by Crippen LogP contribution is 2.25. The summed E-state index contributed by atoms with van der Waals surface area (Å²) in [6.07, 6.45) is 0.337. The van der Waals surface area contributed by atoms with Crippen LogP contribution in [-0.4, -0.2) is 25.0 Å². The minimum Gasteiger partial charge on any atom is -0.467 e. The van der Waals surface area contributed by atoms with Gasteiger partial charge in [-0.05, 0) is 27.8 Å². The van der Waals surface area contributed by atoms with E-state index in [0.29, 0.717) is 6.42 Å². The number of nitrogens with one attached hydrogen (secondary N) is 1. The predicted molar refractivity (Wildman–Crippen MR) is 134 cm³/mol. The Morgan fingerprint density at radius 2 is 1.15 bits per heavy atom. The fraction of sp³-hybridized carbons (Fsp3) is 0.133. The maximum absolute atomic E-state index is 13.5. The van der Waals surface area contributed by atoms with Gasteiger partial charge in [0, 0.05) is 6.42 Å². The fourth-order valence-electron chi connectivity index (χ4n) is 4.08. The van der Waals surface area contributed by atoms with E-state index >= 15 is 0 Å². The molecule has 4 aromatic rings. The van der Waals surface area contributed by atoms with E-state index in [1.54, 1.807) is 0 Å². The lowest BCUT2D eigenvalue weighted by Gasteiger charge is -2.22. The highest BCUT2D eigenvalue weighted by atomic mass is 16.5. The molecule has 0 aromatic heterocycles. The highest BCUT2D eigenvalue weighted by Gasteiger charge is 2.28. The fourth-order valence-corrected chi connectivity index (χ4v) is 4.08. The first-order valence-corrected chi connectivity index (χ1v) is 11.3. The third kappa shape index (κ3) is 5.59. The molecule has 1 amide bonds. The van der Waals surface area contributed by atoms with E-state index in [1.165, 1.54) is 7.11 Å². The lowest BCUT2D eigenvalue weighted by atomic mass is 9.90. The summed E-state index contributed by atoms with van der Waals surface area (Å²) in [5.41, 5.74) is 4.88. The van der Waals surface area contributed by atoms with Crippen molar-refractivity contribution in [2.75, 3.05) is 7.11 Å². The molecule has 0 radical (unpaired) electrons. The molecule has 0 aliphatic rings. The molecule has 0 fully saturated rings. The van der Waals surface area contributed by atoms with Crippen LogP contribution in [0.2, 0.25) is 0 Å². The van der Waals surface area contributed by atoms with E-state index in [4.69, 9.17) is 4.74 Å². The van der Waals surface area contributed by atoms with Gasteiger partial charge in [-0.3, -0.25) is 4.79 Å². The highest BCUT2D eigenvalue weighted by molar-refractivity contribution is 5.91. The van der Waals surface area contributed by atoms with Crippen LogP contribution >= 0.6 is 0 Å². The molecule has 1 N–H and O–H groups in total. The SMILES string of the molecule is COC(=O)[C@@H](Cc1ccc(-c2ccccc2)cc1)NC(=O)C(c1ccccc1)c1ccccc1. The van der Waals surface area contributed by atoms with Gasteiger partial charge in [-0.15, -0.1) is 0 Å². The number of hydrogen-bond donors (Lipinski definition) is 1. The predicted octanol–water partition coefficient (Wildman–Crippen LogP) is 5.39. The summed E-state index contributed by atoms with van der Waals surface area (Å²) in [5, 5.41) is 2.95. The van der Waals surface area contributed by atoms with Gasteiger partial charge in [0.05, 0.1) is 13.0 Å². The van der Waals surface area contributed by atoms with Crippen LogP contribution in [0.4, 0.5) is 0 Å². The Bertz CT molecular complexity index is 1170. The molecule has 0 aliphatic carbocycles. The van der Waals surface area contributed by atoms with Crippen LogP contribution in [0, 0.1) is 0 Å². The molecular formula is C30H27NO3. The minimum absolute atomic E-state index is 0.242. The van der Waals surface area contributed by atoms with Gasteiger partial charge in [-0.1, -0.05) is 115 Å². The van der Waals surface area contributed by atoms with Crippen LogP contribution < -0.4 is 5.32 Å². The number of rotatable bonds is 8. The summed E-state index contributed by atoms with van der Waals surface area (Å²) in [5.74, 6) is -1.25. The van der Waals surface area contributed by atoms with Crippen LogP contribution in [0.15, 0.2) is 115 Å². The number of methoxy groups -OCH3 is 1. The van der Waals surface area contributed by atoms with E-state index in [-0.39, 0.29) is 5.91 Å². The molecule has 1 atom stereocenters. The summed E-state index contributed by atoms with van der Waals surface area (Å²) in [7, 11) is 1.34. The van der Waals surface area contributed by atoms with Gasteiger partial charge in [0.15, 0.2) is 0 Å². The van der Waals surface area contributed by atoms with Crippen LogP contribution in [0.25, 0.3) is 11.1 Å². The molecule has 34 heavy (non-hydrogen) atoms. The third-order valence-corrected chi connectivity index (χ3v) is 5.83. The molecule has 4 aromatic carbocycles. The maximum Gasteiger partial charge on any atom is 0.328 e. The number of carbonyl (C=O) groups excluding carboxylic acids is 2. The zero-order valence-corrected chi connectivity index (χ0v) is 19.1. The topological polar surface area (TPSA) is 55.4 Å². The molecule has 0 unspecified atom stereocenters. The van der Waals surface area contributed by atoms with Gasteiger partial charge in [0.1, 0.15) is 6.04 Å². The summed E-state index contributed by atoms with van der Waals surface area (Å²) in [6, 6.07) is 36.5. The summed E-state index contributed by atoms with van der Waals surface area (Å²) in [4.78, 5) is 26.1. The first-order chi connectivity index (χ1) is 16.7.